The Labute approximate surface area is 112 Å². The monoisotopic (exact) mass is 272 g/mol. The topological polar surface area (TPSA) is 46.5 Å². The van der Waals surface area contributed by atoms with E-state index in [1.54, 1.807) is 6.08 Å². The second-order valence-corrected chi connectivity index (χ2v) is 9.48. The van der Waals surface area contributed by atoms with E-state index in [2.05, 4.69) is 34.6 Å². The molecule has 4 heteroatoms. The van der Waals surface area contributed by atoms with Crippen LogP contribution >= 0.6 is 0 Å². The Kier molecular flexibility index (Phi) is 7.48. The summed E-state index contributed by atoms with van der Waals surface area (Å²) in [5, 5.41) is 8.81. The molecule has 0 aliphatic rings. The first-order valence-electron chi connectivity index (χ1n) is 7.05. The zero-order chi connectivity index (χ0) is 14.2. The standard InChI is InChI=1S/C14H28O3Si/c1-6-14(7-2,12-11-13(15)16)17-18(8-3,9-4)10-5/h11-12H,6-10H2,1-5H3,(H,15,16). The van der Waals surface area contributed by atoms with Gasteiger partial charge in [0.15, 0.2) is 8.32 Å². The van der Waals surface area contributed by atoms with Gasteiger partial charge >= 0.3 is 5.97 Å². The van der Waals surface area contributed by atoms with Gasteiger partial charge in [0.1, 0.15) is 0 Å². The van der Waals surface area contributed by atoms with E-state index in [1.165, 1.54) is 6.08 Å². The Bertz CT molecular complexity index is 270. The maximum absolute atomic E-state index is 10.7. The summed E-state index contributed by atoms with van der Waals surface area (Å²) >= 11 is 0. The van der Waals surface area contributed by atoms with Gasteiger partial charge in [0, 0.05) is 6.08 Å². The van der Waals surface area contributed by atoms with Crippen LogP contribution in [-0.4, -0.2) is 25.0 Å². The van der Waals surface area contributed by atoms with Crippen LogP contribution in [0.2, 0.25) is 18.1 Å². The number of hydrogen-bond acceptors (Lipinski definition) is 2. The molecule has 0 radical (unpaired) electrons. The summed E-state index contributed by atoms with van der Waals surface area (Å²) in [6.07, 6.45) is 4.62. The van der Waals surface area contributed by atoms with Crippen molar-refractivity contribution in [3.8, 4) is 0 Å². The van der Waals surface area contributed by atoms with Gasteiger partial charge in [-0.1, -0.05) is 34.6 Å². The molecule has 0 saturated carbocycles. The maximum Gasteiger partial charge on any atom is 0.328 e. The Hall–Kier alpha value is -0.613. The van der Waals surface area contributed by atoms with Gasteiger partial charge < -0.3 is 9.53 Å². The van der Waals surface area contributed by atoms with Crippen LogP contribution in [0, 0.1) is 0 Å². The molecule has 0 aliphatic carbocycles. The van der Waals surface area contributed by atoms with E-state index in [1.807, 2.05) is 0 Å². The van der Waals surface area contributed by atoms with Crippen molar-refractivity contribution >= 4 is 14.3 Å². The third kappa shape index (κ3) is 4.57. The number of hydrogen-bond donors (Lipinski definition) is 1. The van der Waals surface area contributed by atoms with Gasteiger partial charge in [0.05, 0.1) is 5.60 Å². The molecule has 0 aliphatic heterocycles. The van der Waals surface area contributed by atoms with Gasteiger partial charge in [-0.2, -0.15) is 0 Å². The second kappa shape index (κ2) is 7.74. The van der Waals surface area contributed by atoms with Gasteiger partial charge in [-0.25, -0.2) is 4.79 Å². The minimum atomic E-state index is -1.71. The highest BCUT2D eigenvalue weighted by Crippen LogP contribution is 2.32. The van der Waals surface area contributed by atoms with E-state index in [-0.39, 0.29) is 0 Å². The highest BCUT2D eigenvalue weighted by atomic mass is 28.4. The number of carbonyl (C=O) groups is 1. The molecule has 0 atom stereocenters. The molecule has 106 valence electrons. The molecule has 0 saturated heterocycles. The van der Waals surface area contributed by atoms with Crippen LogP contribution < -0.4 is 0 Å². The van der Waals surface area contributed by atoms with E-state index in [0.29, 0.717) is 0 Å². The van der Waals surface area contributed by atoms with Gasteiger partial charge in [0.2, 0.25) is 0 Å². The van der Waals surface area contributed by atoms with Crippen molar-refractivity contribution < 1.29 is 14.3 Å². The van der Waals surface area contributed by atoms with Crippen molar-refractivity contribution in [3.63, 3.8) is 0 Å². The van der Waals surface area contributed by atoms with E-state index < -0.39 is 19.9 Å². The van der Waals surface area contributed by atoms with Crippen LogP contribution in [0.1, 0.15) is 47.5 Å². The van der Waals surface area contributed by atoms with Crippen molar-refractivity contribution in [2.75, 3.05) is 0 Å². The SMILES string of the molecule is CCC(C=CC(=O)O)(CC)O[Si](CC)(CC)CC. The number of carboxylic acid groups (broad SMARTS) is 1. The smallest absolute Gasteiger partial charge is 0.328 e. The van der Waals surface area contributed by atoms with E-state index in [9.17, 15) is 4.79 Å². The summed E-state index contributed by atoms with van der Waals surface area (Å²) in [5.74, 6) is -0.901. The number of rotatable bonds is 9. The lowest BCUT2D eigenvalue weighted by atomic mass is 9.97. The van der Waals surface area contributed by atoms with Crippen molar-refractivity contribution in [2.24, 2.45) is 0 Å². The molecule has 0 aromatic rings. The fourth-order valence-corrected chi connectivity index (χ4v) is 5.44. The molecule has 3 nitrogen and oxygen atoms in total. The summed E-state index contributed by atoms with van der Waals surface area (Å²) in [6.45, 7) is 10.7. The van der Waals surface area contributed by atoms with Crippen molar-refractivity contribution in [1.29, 1.82) is 0 Å². The number of aliphatic carboxylic acids is 1. The van der Waals surface area contributed by atoms with Crippen LogP contribution in [0.15, 0.2) is 12.2 Å². The summed E-state index contributed by atoms with van der Waals surface area (Å²) in [6, 6.07) is 3.26. The van der Waals surface area contributed by atoms with Crippen LogP contribution in [-0.2, 0) is 9.22 Å². The van der Waals surface area contributed by atoms with Crippen molar-refractivity contribution in [1.82, 2.24) is 0 Å². The van der Waals surface area contributed by atoms with Gasteiger partial charge in [-0.3, -0.25) is 0 Å². The van der Waals surface area contributed by atoms with Crippen molar-refractivity contribution in [3.05, 3.63) is 12.2 Å². The lowest BCUT2D eigenvalue weighted by Gasteiger charge is -2.40. The van der Waals surface area contributed by atoms with Gasteiger partial charge in [-0.05, 0) is 37.0 Å². The molecule has 0 amide bonds. The van der Waals surface area contributed by atoms with Crippen molar-refractivity contribution in [2.45, 2.75) is 71.2 Å². The molecule has 0 unspecified atom stereocenters. The normalized spacial score (nSPS) is 13.2. The molecule has 0 bridgehead atoms. The van der Waals surface area contributed by atoms with Crippen LogP contribution in [0.4, 0.5) is 0 Å². The summed E-state index contributed by atoms with van der Waals surface area (Å²) in [4.78, 5) is 10.7. The molecule has 0 rings (SSSR count). The fraction of sp³-hybridized carbons (Fsp3) is 0.786. The first-order chi connectivity index (χ1) is 8.43. The van der Waals surface area contributed by atoms with Crippen LogP contribution in [0.5, 0.6) is 0 Å². The van der Waals surface area contributed by atoms with E-state index in [0.717, 1.165) is 31.0 Å². The summed E-state index contributed by atoms with van der Waals surface area (Å²) in [5.41, 5.74) is -0.396. The second-order valence-electron chi connectivity index (χ2n) is 4.79. The average Bonchev–Trinajstić information content (AvgIpc) is 2.40. The third-order valence-electron chi connectivity index (χ3n) is 4.08. The Morgan fingerprint density at radius 2 is 1.56 bits per heavy atom. The summed E-state index contributed by atoms with van der Waals surface area (Å²) < 4.78 is 6.51. The Morgan fingerprint density at radius 3 is 1.83 bits per heavy atom. The predicted octanol–water partition coefficient (Wildman–Crippen LogP) is 4.21. The molecule has 1 N–H and O–H groups in total. The lowest BCUT2D eigenvalue weighted by molar-refractivity contribution is -0.131. The third-order valence-corrected chi connectivity index (χ3v) is 8.78. The molecular weight excluding hydrogens is 244 g/mol. The molecule has 0 aromatic carbocycles. The molecule has 0 spiro atoms. The highest BCUT2D eigenvalue weighted by Gasteiger charge is 2.37. The van der Waals surface area contributed by atoms with Gasteiger partial charge in [-0.15, -0.1) is 0 Å². The molecule has 0 heterocycles. The fourth-order valence-electron chi connectivity index (χ4n) is 2.28. The Balaban J connectivity index is 5.16. The van der Waals surface area contributed by atoms with Crippen LogP contribution in [0.25, 0.3) is 0 Å². The largest absolute Gasteiger partial charge is 0.478 e. The number of carboxylic acids is 1. The lowest BCUT2D eigenvalue weighted by Crippen LogP contribution is -2.46. The molecule has 0 fully saturated rings. The minimum Gasteiger partial charge on any atom is -0.478 e. The average molecular weight is 272 g/mol. The first-order valence-corrected chi connectivity index (χ1v) is 9.58. The quantitative estimate of drug-likeness (QED) is 0.505. The predicted molar refractivity (Wildman–Crippen MR) is 78.4 cm³/mol. The first kappa shape index (κ1) is 17.4. The zero-order valence-electron chi connectivity index (χ0n) is 12.5. The van der Waals surface area contributed by atoms with Gasteiger partial charge in [0.25, 0.3) is 0 Å². The van der Waals surface area contributed by atoms with E-state index >= 15 is 0 Å². The van der Waals surface area contributed by atoms with Crippen LogP contribution in [0.3, 0.4) is 0 Å². The maximum atomic E-state index is 10.7. The Morgan fingerprint density at radius 1 is 1.11 bits per heavy atom. The molecular formula is C14H28O3Si. The zero-order valence-corrected chi connectivity index (χ0v) is 13.5. The molecule has 0 aromatic heterocycles. The highest BCUT2D eigenvalue weighted by molar-refractivity contribution is 6.73. The summed E-state index contributed by atoms with van der Waals surface area (Å²) in [7, 11) is -1.71. The van der Waals surface area contributed by atoms with E-state index in [4.69, 9.17) is 9.53 Å². The minimum absolute atomic E-state index is 0.396. The molecule has 18 heavy (non-hydrogen) atoms.